The van der Waals surface area contributed by atoms with Crippen molar-refractivity contribution in [2.45, 2.75) is 31.5 Å². The molecule has 1 unspecified atom stereocenters. The average Bonchev–Trinajstić information content (AvgIpc) is 2.87. The summed E-state index contributed by atoms with van der Waals surface area (Å²) in [7, 11) is -3.35. The molecule has 1 aromatic heterocycles. The van der Waals surface area contributed by atoms with Crippen LogP contribution >= 0.6 is 0 Å². The molecule has 0 bridgehead atoms. The Morgan fingerprint density at radius 3 is 2.43 bits per heavy atom. The molecule has 0 spiro atoms. The zero-order valence-corrected chi connectivity index (χ0v) is 20.9. The van der Waals surface area contributed by atoms with Crippen molar-refractivity contribution in [1.29, 1.82) is 0 Å². The van der Waals surface area contributed by atoms with Crippen molar-refractivity contribution in [1.82, 2.24) is 9.88 Å². The van der Waals surface area contributed by atoms with Crippen LogP contribution in [0.15, 0.2) is 79.0 Å². The van der Waals surface area contributed by atoms with Crippen molar-refractivity contribution in [3.05, 3.63) is 90.3 Å². The van der Waals surface area contributed by atoms with Gasteiger partial charge in [0.25, 0.3) is 0 Å². The summed E-state index contributed by atoms with van der Waals surface area (Å²) >= 11 is 0. The van der Waals surface area contributed by atoms with Crippen molar-refractivity contribution in [3.8, 4) is 5.75 Å². The van der Waals surface area contributed by atoms with Gasteiger partial charge >= 0.3 is 0 Å². The SMILES string of the molecule is CS(=O)(=O)Nc1ccccc1OCCCN1CCC(OC(c2ccccc2)c2ccccn2)CC1. The van der Waals surface area contributed by atoms with Crippen LogP contribution in [0.2, 0.25) is 0 Å². The molecule has 8 heteroatoms. The second-order valence-electron chi connectivity index (χ2n) is 8.79. The number of benzene rings is 2. The summed E-state index contributed by atoms with van der Waals surface area (Å²) in [5.74, 6) is 0.548. The summed E-state index contributed by atoms with van der Waals surface area (Å²) in [6, 6.07) is 23.3. The molecule has 1 fully saturated rings. The molecule has 1 N–H and O–H groups in total. The number of anilines is 1. The molecule has 1 aliphatic heterocycles. The zero-order valence-electron chi connectivity index (χ0n) is 20.0. The first-order valence-electron chi connectivity index (χ1n) is 12.0. The lowest BCUT2D eigenvalue weighted by Gasteiger charge is -2.34. The summed E-state index contributed by atoms with van der Waals surface area (Å²) in [4.78, 5) is 6.98. The first-order valence-corrected chi connectivity index (χ1v) is 13.9. The molecule has 186 valence electrons. The summed E-state index contributed by atoms with van der Waals surface area (Å²) in [6.45, 7) is 3.40. The lowest BCUT2D eigenvalue weighted by atomic mass is 10.0. The van der Waals surface area contributed by atoms with Crippen LogP contribution in [0.25, 0.3) is 0 Å². The molecule has 1 aliphatic rings. The summed E-state index contributed by atoms with van der Waals surface area (Å²) in [5, 5.41) is 0. The van der Waals surface area contributed by atoms with E-state index in [0.29, 0.717) is 18.0 Å². The fourth-order valence-electron chi connectivity index (χ4n) is 4.29. The van der Waals surface area contributed by atoms with Gasteiger partial charge in [-0.1, -0.05) is 48.5 Å². The van der Waals surface area contributed by atoms with Crippen LogP contribution in [0.3, 0.4) is 0 Å². The first-order chi connectivity index (χ1) is 17.0. The number of piperidine rings is 1. The van der Waals surface area contributed by atoms with Gasteiger partial charge in [0.05, 0.1) is 30.3 Å². The van der Waals surface area contributed by atoms with Crippen LogP contribution in [0.1, 0.15) is 36.6 Å². The number of likely N-dealkylation sites (tertiary alicyclic amines) is 1. The molecule has 7 nitrogen and oxygen atoms in total. The van der Waals surface area contributed by atoms with E-state index in [9.17, 15) is 8.42 Å². The van der Waals surface area contributed by atoms with Crippen LogP contribution in [0.5, 0.6) is 5.75 Å². The number of sulfonamides is 1. The molecule has 35 heavy (non-hydrogen) atoms. The van der Waals surface area contributed by atoms with Gasteiger partial charge in [-0.2, -0.15) is 0 Å². The maximum atomic E-state index is 11.6. The normalized spacial score (nSPS) is 16.0. The minimum atomic E-state index is -3.35. The van der Waals surface area contributed by atoms with Gasteiger partial charge in [0.2, 0.25) is 10.0 Å². The van der Waals surface area contributed by atoms with Crippen LogP contribution in [0, 0.1) is 0 Å². The second-order valence-corrected chi connectivity index (χ2v) is 10.5. The van der Waals surface area contributed by atoms with E-state index in [1.54, 1.807) is 18.2 Å². The summed E-state index contributed by atoms with van der Waals surface area (Å²) in [6.07, 6.45) is 5.77. The quantitative estimate of drug-likeness (QED) is 0.395. The lowest BCUT2D eigenvalue weighted by molar-refractivity contribution is -0.0288. The van der Waals surface area contributed by atoms with E-state index < -0.39 is 10.0 Å². The summed E-state index contributed by atoms with van der Waals surface area (Å²) < 4.78 is 38.1. The molecule has 0 radical (unpaired) electrons. The van der Waals surface area contributed by atoms with Crippen LogP contribution in [-0.4, -0.2) is 56.9 Å². The van der Waals surface area contributed by atoms with E-state index in [4.69, 9.17) is 9.47 Å². The largest absolute Gasteiger partial charge is 0.491 e. The fraction of sp³-hybridized carbons (Fsp3) is 0.370. The maximum Gasteiger partial charge on any atom is 0.229 e. The van der Waals surface area contributed by atoms with Gasteiger partial charge < -0.3 is 14.4 Å². The number of ether oxygens (including phenoxy) is 2. The molecule has 1 atom stereocenters. The molecule has 1 saturated heterocycles. The zero-order chi connectivity index (χ0) is 24.5. The van der Waals surface area contributed by atoms with E-state index in [0.717, 1.165) is 56.4 Å². The molecule has 0 aliphatic carbocycles. The third-order valence-electron chi connectivity index (χ3n) is 5.98. The van der Waals surface area contributed by atoms with E-state index in [1.165, 1.54) is 0 Å². The van der Waals surface area contributed by atoms with Crippen molar-refractivity contribution in [2.75, 3.05) is 37.2 Å². The van der Waals surface area contributed by atoms with Crippen molar-refractivity contribution < 1.29 is 17.9 Å². The highest BCUT2D eigenvalue weighted by Crippen LogP contribution is 2.29. The number of hydrogen-bond donors (Lipinski definition) is 1. The van der Waals surface area contributed by atoms with Gasteiger partial charge in [0.15, 0.2) is 0 Å². The Hall–Kier alpha value is -2.94. The molecule has 2 aromatic carbocycles. The Bertz CT molecular complexity index is 1110. The monoisotopic (exact) mass is 495 g/mol. The molecule has 4 rings (SSSR count). The van der Waals surface area contributed by atoms with E-state index in [2.05, 4.69) is 26.7 Å². The Kier molecular flexibility index (Phi) is 8.74. The highest BCUT2D eigenvalue weighted by Gasteiger charge is 2.25. The molecular formula is C27H33N3O4S. The second kappa shape index (κ2) is 12.2. The third-order valence-corrected chi connectivity index (χ3v) is 6.57. The number of nitrogens with one attached hydrogen (secondary N) is 1. The minimum absolute atomic E-state index is 0.164. The number of para-hydroxylation sites is 2. The van der Waals surface area contributed by atoms with E-state index in [1.807, 2.05) is 48.7 Å². The van der Waals surface area contributed by atoms with Gasteiger partial charge in [-0.15, -0.1) is 0 Å². The number of nitrogens with zero attached hydrogens (tertiary/aromatic N) is 2. The molecule has 3 aromatic rings. The van der Waals surface area contributed by atoms with Crippen LogP contribution < -0.4 is 9.46 Å². The van der Waals surface area contributed by atoms with Crippen molar-refractivity contribution in [2.24, 2.45) is 0 Å². The molecule has 0 saturated carbocycles. The minimum Gasteiger partial charge on any atom is -0.491 e. The maximum absolute atomic E-state index is 11.6. The van der Waals surface area contributed by atoms with Gasteiger partial charge in [-0.25, -0.2) is 8.42 Å². The number of rotatable bonds is 11. The third kappa shape index (κ3) is 7.78. The lowest BCUT2D eigenvalue weighted by Crippen LogP contribution is -2.38. The van der Waals surface area contributed by atoms with Crippen LogP contribution in [0.4, 0.5) is 5.69 Å². The number of aromatic nitrogens is 1. The van der Waals surface area contributed by atoms with E-state index in [-0.39, 0.29) is 12.2 Å². The van der Waals surface area contributed by atoms with Gasteiger partial charge in [-0.05, 0) is 49.1 Å². The van der Waals surface area contributed by atoms with E-state index >= 15 is 0 Å². The predicted molar refractivity (Wildman–Crippen MR) is 138 cm³/mol. The highest BCUT2D eigenvalue weighted by atomic mass is 32.2. The molecular weight excluding hydrogens is 462 g/mol. The standard InChI is InChI=1S/C27H33N3O4S/c1-35(31,32)29-24-12-5-6-14-26(24)33-21-9-18-30-19-15-23(16-20-30)34-27(22-10-3-2-4-11-22)25-13-7-8-17-28-25/h2-8,10-14,17,23,27,29H,9,15-16,18-21H2,1H3. The first kappa shape index (κ1) is 25.2. The van der Waals surface area contributed by atoms with Crippen molar-refractivity contribution >= 4 is 15.7 Å². The summed E-state index contributed by atoms with van der Waals surface area (Å²) in [5.41, 5.74) is 2.52. The number of pyridine rings is 1. The average molecular weight is 496 g/mol. The van der Waals surface area contributed by atoms with Gasteiger partial charge in [-0.3, -0.25) is 9.71 Å². The Labute approximate surface area is 208 Å². The predicted octanol–water partition coefficient (Wildman–Crippen LogP) is 4.49. The Balaban J connectivity index is 1.24. The Morgan fingerprint density at radius 2 is 1.71 bits per heavy atom. The Morgan fingerprint density at radius 1 is 1.00 bits per heavy atom. The topological polar surface area (TPSA) is 80.8 Å². The molecule has 0 amide bonds. The van der Waals surface area contributed by atoms with Gasteiger partial charge in [0.1, 0.15) is 11.9 Å². The fourth-order valence-corrected chi connectivity index (χ4v) is 4.85. The van der Waals surface area contributed by atoms with Gasteiger partial charge in [0, 0.05) is 25.8 Å². The molecule has 2 heterocycles. The van der Waals surface area contributed by atoms with Crippen molar-refractivity contribution in [3.63, 3.8) is 0 Å². The number of hydrogen-bond acceptors (Lipinski definition) is 6. The smallest absolute Gasteiger partial charge is 0.229 e. The van der Waals surface area contributed by atoms with Crippen LogP contribution in [-0.2, 0) is 14.8 Å². The highest BCUT2D eigenvalue weighted by molar-refractivity contribution is 7.92.